The molecule has 3 atom stereocenters. The van der Waals surface area contributed by atoms with Crippen LogP contribution in [0.25, 0.3) is 0 Å². The monoisotopic (exact) mass is 486 g/mol. The molecule has 0 aliphatic heterocycles. The normalized spacial score (nSPS) is 13.2. The van der Waals surface area contributed by atoms with Crippen LogP contribution < -0.4 is 16.1 Å². The SMILES string of the molecule is COB(OC)c1ccc(C[C@H](NC(=O)[C@@H](NC(=O)OCc2ccccc2)[C@@H](C)O)C(=O)OC)cc1. The van der Waals surface area contributed by atoms with Gasteiger partial charge in [-0.25, -0.2) is 9.59 Å². The molecule has 0 saturated carbocycles. The van der Waals surface area contributed by atoms with Gasteiger partial charge in [-0.1, -0.05) is 54.6 Å². The molecule has 0 aromatic heterocycles. The fourth-order valence-electron chi connectivity index (χ4n) is 3.31. The standard InChI is InChI=1S/C24H31BN2O8/c1-16(28)21(27-24(31)35-15-18-8-6-5-7-9-18)22(29)26-20(23(30)32-2)14-17-10-12-19(13-11-17)25(33-3)34-4/h5-13,16,20-21,28H,14-15H2,1-4H3,(H,26,29)(H,27,31)/t16-,20+,21+/m1/s1. The van der Waals surface area contributed by atoms with Crippen LogP contribution >= 0.6 is 0 Å². The number of carbonyl (C=O) groups excluding carboxylic acids is 3. The summed E-state index contributed by atoms with van der Waals surface area (Å²) in [6.45, 7) is 1.34. The van der Waals surface area contributed by atoms with Gasteiger partial charge in [0.05, 0.1) is 13.2 Å². The van der Waals surface area contributed by atoms with Gasteiger partial charge in [0.1, 0.15) is 18.7 Å². The van der Waals surface area contributed by atoms with Gasteiger partial charge in [-0.3, -0.25) is 4.79 Å². The Balaban J connectivity index is 2.03. The fourth-order valence-corrected chi connectivity index (χ4v) is 3.31. The summed E-state index contributed by atoms with van der Waals surface area (Å²) in [4.78, 5) is 37.4. The minimum Gasteiger partial charge on any atom is -0.467 e. The Morgan fingerprint density at radius 1 is 0.914 bits per heavy atom. The molecule has 0 aliphatic rings. The number of aliphatic hydroxyl groups is 1. The van der Waals surface area contributed by atoms with Gasteiger partial charge in [-0.15, -0.1) is 0 Å². The van der Waals surface area contributed by atoms with Crippen LogP contribution in [0.3, 0.4) is 0 Å². The van der Waals surface area contributed by atoms with Crippen LogP contribution in [-0.4, -0.2) is 69.7 Å². The highest BCUT2D eigenvalue weighted by molar-refractivity contribution is 6.61. The molecule has 2 aromatic carbocycles. The molecule has 0 aliphatic carbocycles. The van der Waals surface area contributed by atoms with E-state index in [4.69, 9.17) is 18.8 Å². The van der Waals surface area contributed by atoms with Crippen molar-refractivity contribution < 1.29 is 38.3 Å². The summed E-state index contributed by atoms with van der Waals surface area (Å²) in [7, 11) is 3.72. The summed E-state index contributed by atoms with van der Waals surface area (Å²) < 4.78 is 20.4. The number of methoxy groups -OCH3 is 1. The Morgan fingerprint density at radius 2 is 1.54 bits per heavy atom. The van der Waals surface area contributed by atoms with E-state index in [-0.39, 0.29) is 13.0 Å². The van der Waals surface area contributed by atoms with Crippen molar-refractivity contribution in [3.05, 3.63) is 65.7 Å². The summed E-state index contributed by atoms with van der Waals surface area (Å²) >= 11 is 0. The quantitative estimate of drug-likeness (QED) is 0.293. The Morgan fingerprint density at radius 3 is 2.09 bits per heavy atom. The van der Waals surface area contributed by atoms with Crippen LogP contribution in [-0.2, 0) is 41.4 Å². The molecule has 0 heterocycles. The number of benzene rings is 2. The second-order valence-electron chi connectivity index (χ2n) is 7.76. The minimum absolute atomic E-state index is 0.00535. The second-order valence-corrected chi connectivity index (χ2v) is 7.76. The van der Waals surface area contributed by atoms with Gasteiger partial charge in [0.25, 0.3) is 0 Å². The van der Waals surface area contributed by atoms with Crippen molar-refractivity contribution in [2.75, 3.05) is 21.3 Å². The van der Waals surface area contributed by atoms with Crippen LogP contribution in [0.15, 0.2) is 54.6 Å². The van der Waals surface area contributed by atoms with Crippen LogP contribution in [0.1, 0.15) is 18.1 Å². The van der Waals surface area contributed by atoms with Crippen LogP contribution in [0.2, 0.25) is 0 Å². The highest BCUT2D eigenvalue weighted by atomic mass is 16.6. The Bertz CT molecular complexity index is 952. The maximum Gasteiger partial charge on any atom is 0.493 e. The number of hydrogen-bond acceptors (Lipinski definition) is 8. The largest absolute Gasteiger partial charge is 0.493 e. The van der Waals surface area contributed by atoms with Crippen molar-refractivity contribution in [3.63, 3.8) is 0 Å². The third kappa shape index (κ3) is 8.71. The first-order valence-corrected chi connectivity index (χ1v) is 11.0. The fraction of sp³-hybridized carbons (Fsp3) is 0.375. The van der Waals surface area contributed by atoms with Gasteiger partial charge >= 0.3 is 19.2 Å². The van der Waals surface area contributed by atoms with E-state index in [0.717, 1.165) is 16.6 Å². The molecular formula is C24H31BN2O8. The first-order valence-electron chi connectivity index (χ1n) is 11.0. The van der Waals surface area contributed by atoms with Crippen molar-refractivity contribution >= 4 is 30.6 Å². The van der Waals surface area contributed by atoms with E-state index < -0.39 is 43.3 Å². The van der Waals surface area contributed by atoms with Crippen LogP contribution in [0.4, 0.5) is 4.79 Å². The Labute approximate surface area is 205 Å². The number of nitrogens with one attached hydrogen (secondary N) is 2. The molecule has 0 saturated heterocycles. The number of hydrogen-bond donors (Lipinski definition) is 3. The predicted molar refractivity (Wildman–Crippen MR) is 129 cm³/mol. The zero-order chi connectivity index (χ0) is 25.8. The van der Waals surface area contributed by atoms with E-state index in [2.05, 4.69) is 10.6 Å². The lowest BCUT2D eigenvalue weighted by Crippen LogP contribution is -2.56. The van der Waals surface area contributed by atoms with Gasteiger partial charge in [-0.2, -0.15) is 0 Å². The molecule has 2 aromatic rings. The first-order chi connectivity index (χ1) is 16.8. The third-order valence-electron chi connectivity index (χ3n) is 5.17. The zero-order valence-corrected chi connectivity index (χ0v) is 20.2. The predicted octanol–water partition coefficient (Wildman–Crippen LogP) is 0.551. The number of alkyl carbamates (subject to hydrolysis) is 1. The summed E-state index contributed by atoms with van der Waals surface area (Å²) in [6, 6.07) is 13.7. The number of esters is 1. The summed E-state index contributed by atoms with van der Waals surface area (Å²) in [5, 5.41) is 15.0. The van der Waals surface area contributed by atoms with Crippen LogP contribution in [0.5, 0.6) is 0 Å². The molecule has 0 fully saturated rings. The Hall–Kier alpha value is -3.41. The number of aliphatic hydroxyl groups excluding tert-OH is 1. The molecule has 2 rings (SSSR count). The van der Waals surface area contributed by atoms with Gasteiger partial charge in [0, 0.05) is 20.6 Å². The molecule has 0 spiro atoms. The molecule has 0 bridgehead atoms. The van der Waals surface area contributed by atoms with Gasteiger partial charge in [0.15, 0.2) is 0 Å². The molecular weight excluding hydrogens is 455 g/mol. The molecule has 0 unspecified atom stereocenters. The number of carbonyl (C=O) groups is 3. The highest BCUT2D eigenvalue weighted by Gasteiger charge is 2.31. The average Bonchev–Trinajstić information content (AvgIpc) is 2.87. The molecule has 10 nitrogen and oxygen atoms in total. The summed E-state index contributed by atoms with van der Waals surface area (Å²) in [5.74, 6) is -1.44. The van der Waals surface area contributed by atoms with E-state index in [1.807, 2.05) is 6.07 Å². The third-order valence-corrected chi connectivity index (χ3v) is 5.17. The van der Waals surface area contributed by atoms with Gasteiger partial charge < -0.3 is 34.5 Å². The highest BCUT2D eigenvalue weighted by Crippen LogP contribution is 2.07. The van der Waals surface area contributed by atoms with Gasteiger partial charge in [0.2, 0.25) is 5.91 Å². The maximum absolute atomic E-state index is 12.9. The lowest BCUT2D eigenvalue weighted by molar-refractivity contribution is -0.145. The molecule has 3 N–H and O–H groups in total. The lowest BCUT2D eigenvalue weighted by atomic mass is 9.78. The smallest absolute Gasteiger partial charge is 0.467 e. The molecule has 2 amide bonds. The van der Waals surface area contributed by atoms with Crippen molar-refractivity contribution in [1.82, 2.24) is 10.6 Å². The van der Waals surface area contributed by atoms with E-state index in [1.165, 1.54) is 28.3 Å². The van der Waals surface area contributed by atoms with E-state index in [0.29, 0.717) is 0 Å². The number of ether oxygens (including phenoxy) is 2. The zero-order valence-electron chi connectivity index (χ0n) is 20.2. The molecule has 188 valence electrons. The maximum atomic E-state index is 12.9. The first kappa shape index (κ1) is 27.8. The molecule has 0 radical (unpaired) electrons. The number of amides is 2. The van der Waals surface area contributed by atoms with Gasteiger partial charge in [-0.05, 0) is 23.5 Å². The van der Waals surface area contributed by atoms with Crippen molar-refractivity contribution in [2.45, 2.75) is 38.1 Å². The van der Waals surface area contributed by atoms with E-state index in [9.17, 15) is 19.5 Å². The minimum atomic E-state index is -1.35. The van der Waals surface area contributed by atoms with E-state index >= 15 is 0 Å². The van der Waals surface area contributed by atoms with Crippen molar-refractivity contribution in [1.29, 1.82) is 0 Å². The van der Waals surface area contributed by atoms with E-state index in [1.54, 1.807) is 48.5 Å². The van der Waals surface area contributed by atoms with Crippen LogP contribution in [0, 0.1) is 0 Å². The Kier molecular flexibility index (Phi) is 11.2. The van der Waals surface area contributed by atoms with Crippen molar-refractivity contribution in [3.8, 4) is 0 Å². The lowest BCUT2D eigenvalue weighted by Gasteiger charge is -2.24. The second kappa shape index (κ2) is 14.1. The molecule has 35 heavy (non-hydrogen) atoms. The topological polar surface area (TPSA) is 132 Å². The summed E-state index contributed by atoms with van der Waals surface area (Å²) in [5.41, 5.74) is 2.28. The summed E-state index contributed by atoms with van der Waals surface area (Å²) in [6.07, 6.45) is -2.02. The number of rotatable bonds is 12. The molecule has 11 heteroatoms. The van der Waals surface area contributed by atoms with Crippen molar-refractivity contribution in [2.24, 2.45) is 0 Å². The average molecular weight is 486 g/mol.